The molecule has 10 heteroatoms. The van der Waals surface area contributed by atoms with E-state index in [-0.39, 0.29) is 18.0 Å². The van der Waals surface area contributed by atoms with Gasteiger partial charge in [-0.1, -0.05) is 35.9 Å². The highest BCUT2D eigenvalue weighted by Crippen LogP contribution is 2.26. The first kappa shape index (κ1) is 20.0. The lowest BCUT2D eigenvalue weighted by Crippen LogP contribution is -2.48. The molecule has 0 saturated carbocycles. The van der Waals surface area contributed by atoms with Crippen molar-refractivity contribution in [3.8, 4) is 11.5 Å². The molecule has 0 aliphatic rings. The molecule has 1 atom stereocenters. The minimum absolute atomic E-state index is 0.0569. The number of rotatable bonds is 7. The Morgan fingerprint density at radius 3 is 2.41 bits per heavy atom. The number of hydrazine groups is 1. The molecule has 0 fully saturated rings. The summed E-state index contributed by atoms with van der Waals surface area (Å²) >= 11 is 5.90. The molecule has 0 saturated heterocycles. The van der Waals surface area contributed by atoms with Crippen molar-refractivity contribution in [1.29, 1.82) is 0 Å². The summed E-state index contributed by atoms with van der Waals surface area (Å²) in [5.41, 5.74) is 4.04. The highest BCUT2D eigenvalue weighted by molar-refractivity contribution is 6.32. The van der Waals surface area contributed by atoms with E-state index >= 15 is 0 Å². The van der Waals surface area contributed by atoms with Crippen LogP contribution in [0.3, 0.4) is 0 Å². The van der Waals surface area contributed by atoms with Crippen molar-refractivity contribution in [2.45, 2.75) is 13.0 Å². The molecule has 0 radical (unpaired) electrons. The molecule has 0 unspecified atom stereocenters. The van der Waals surface area contributed by atoms with E-state index in [2.05, 4.69) is 10.9 Å². The van der Waals surface area contributed by atoms with Crippen molar-refractivity contribution in [3.05, 3.63) is 63.7 Å². The van der Waals surface area contributed by atoms with Crippen LogP contribution in [-0.4, -0.2) is 29.4 Å². The topological polar surface area (TPSA) is 120 Å². The zero-order valence-corrected chi connectivity index (χ0v) is 14.9. The van der Waals surface area contributed by atoms with Crippen molar-refractivity contribution in [1.82, 2.24) is 10.9 Å². The van der Waals surface area contributed by atoms with Crippen molar-refractivity contribution in [2.75, 3.05) is 6.61 Å². The number of ether oxygens (including phenoxy) is 2. The van der Waals surface area contributed by atoms with Gasteiger partial charge >= 0.3 is 5.69 Å². The predicted molar refractivity (Wildman–Crippen MR) is 96.4 cm³/mol. The Kier molecular flexibility index (Phi) is 6.95. The third-order valence-electron chi connectivity index (χ3n) is 3.26. The van der Waals surface area contributed by atoms with E-state index in [1.807, 2.05) is 0 Å². The van der Waals surface area contributed by atoms with Crippen LogP contribution in [0.25, 0.3) is 0 Å². The van der Waals surface area contributed by atoms with Crippen molar-refractivity contribution < 1.29 is 24.0 Å². The van der Waals surface area contributed by atoms with Crippen molar-refractivity contribution in [3.63, 3.8) is 0 Å². The minimum Gasteiger partial charge on any atom is -0.482 e. The van der Waals surface area contributed by atoms with Crippen LogP contribution in [-0.2, 0) is 9.59 Å². The van der Waals surface area contributed by atoms with E-state index in [4.69, 9.17) is 21.1 Å². The molecular weight excluding hydrogens is 378 g/mol. The molecule has 2 N–H and O–H groups in total. The Hall–Kier alpha value is -3.33. The quantitative estimate of drug-likeness (QED) is 0.550. The third kappa shape index (κ3) is 5.86. The number of nitro groups is 1. The van der Waals surface area contributed by atoms with Crippen LogP contribution in [0, 0.1) is 10.1 Å². The molecule has 2 aromatic rings. The van der Waals surface area contributed by atoms with Gasteiger partial charge in [-0.15, -0.1) is 0 Å². The summed E-state index contributed by atoms with van der Waals surface area (Å²) in [5.74, 6) is -1.05. The normalized spacial score (nSPS) is 11.2. The first-order chi connectivity index (χ1) is 12.9. The Morgan fingerprint density at radius 2 is 1.74 bits per heavy atom. The summed E-state index contributed by atoms with van der Waals surface area (Å²) < 4.78 is 10.5. The van der Waals surface area contributed by atoms with Gasteiger partial charge in [0.05, 0.1) is 9.95 Å². The van der Waals surface area contributed by atoms with Crippen LogP contribution in [0.4, 0.5) is 5.69 Å². The number of halogens is 1. The number of para-hydroxylation sites is 3. The van der Waals surface area contributed by atoms with E-state index < -0.39 is 22.8 Å². The number of amides is 2. The number of hydrogen-bond donors (Lipinski definition) is 2. The van der Waals surface area contributed by atoms with Gasteiger partial charge in [0.15, 0.2) is 18.5 Å². The standard InChI is InChI=1S/C17H16ClN3O6/c1-11(27-15-9-5-3-7-13(15)21(24)25)17(23)20-19-16(22)10-26-14-8-4-2-6-12(14)18/h2-9,11H,10H2,1H3,(H,19,22)(H,20,23)/t11-/m0/s1. The third-order valence-corrected chi connectivity index (χ3v) is 3.57. The second-order valence-corrected chi connectivity index (χ2v) is 5.65. The van der Waals surface area contributed by atoms with E-state index in [0.29, 0.717) is 10.8 Å². The number of nitro benzene ring substituents is 1. The summed E-state index contributed by atoms with van der Waals surface area (Å²) in [6, 6.07) is 12.3. The highest BCUT2D eigenvalue weighted by atomic mass is 35.5. The van der Waals surface area contributed by atoms with Gasteiger partial charge in [0, 0.05) is 6.07 Å². The van der Waals surface area contributed by atoms with E-state index in [1.54, 1.807) is 30.3 Å². The molecule has 142 valence electrons. The van der Waals surface area contributed by atoms with Gasteiger partial charge in [0.1, 0.15) is 5.75 Å². The second kappa shape index (κ2) is 9.39. The summed E-state index contributed by atoms with van der Waals surface area (Å²) in [6.45, 7) is 1.02. The smallest absolute Gasteiger partial charge is 0.310 e. The largest absolute Gasteiger partial charge is 0.482 e. The predicted octanol–water partition coefficient (Wildman–Crippen LogP) is 2.24. The molecule has 2 aromatic carbocycles. The van der Waals surface area contributed by atoms with E-state index in [9.17, 15) is 19.7 Å². The van der Waals surface area contributed by atoms with Crippen LogP contribution >= 0.6 is 11.6 Å². The molecule has 0 spiro atoms. The van der Waals surface area contributed by atoms with Crippen LogP contribution in [0.15, 0.2) is 48.5 Å². The molecule has 0 aliphatic heterocycles. The van der Waals surface area contributed by atoms with Gasteiger partial charge in [-0.05, 0) is 25.1 Å². The SMILES string of the molecule is C[C@H](Oc1ccccc1[N+](=O)[O-])C(=O)NNC(=O)COc1ccccc1Cl. The number of benzene rings is 2. The van der Waals surface area contributed by atoms with Gasteiger partial charge in [-0.25, -0.2) is 0 Å². The van der Waals surface area contributed by atoms with Crippen LogP contribution in [0.2, 0.25) is 5.02 Å². The van der Waals surface area contributed by atoms with Gasteiger partial charge in [0.2, 0.25) is 0 Å². The number of nitrogens with one attached hydrogen (secondary N) is 2. The average molecular weight is 394 g/mol. The maximum absolute atomic E-state index is 12.0. The summed E-state index contributed by atoms with van der Waals surface area (Å²) in [7, 11) is 0. The van der Waals surface area contributed by atoms with Gasteiger partial charge in [-0.2, -0.15) is 0 Å². The molecule has 2 rings (SSSR count). The first-order valence-corrected chi connectivity index (χ1v) is 8.12. The Balaban J connectivity index is 1.82. The molecule has 0 heterocycles. The zero-order valence-electron chi connectivity index (χ0n) is 14.2. The Labute approximate surface area is 159 Å². The van der Waals surface area contributed by atoms with E-state index in [1.165, 1.54) is 25.1 Å². The zero-order chi connectivity index (χ0) is 19.8. The number of nitrogens with zero attached hydrogens (tertiary/aromatic N) is 1. The summed E-state index contributed by atoms with van der Waals surface area (Å²) in [6.07, 6.45) is -1.09. The lowest BCUT2D eigenvalue weighted by atomic mass is 10.3. The van der Waals surface area contributed by atoms with Gasteiger partial charge in [0.25, 0.3) is 11.8 Å². The molecule has 9 nitrogen and oxygen atoms in total. The number of hydrogen-bond acceptors (Lipinski definition) is 6. The lowest BCUT2D eigenvalue weighted by Gasteiger charge is -2.15. The van der Waals surface area contributed by atoms with Crippen LogP contribution in [0.1, 0.15) is 6.92 Å². The lowest BCUT2D eigenvalue weighted by molar-refractivity contribution is -0.386. The average Bonchev–Trinajstić information content (AvgIpc) is 2.65. The molecule has 27 heavy (non-hydrogen) atoms. The minimum atomic E-state index is -1.09. The summed E-state index contributed by atoms with van der Waals surface area (Å²) in [5, 5.41) is 11.3. The fourth-order valence-electron chi connectivity index (χ4n) is 1.93. The Bertz CT molecular complexity index is 845. The van der Waals surface area contributed by atoms with Crippen LogP contribution in [0.5, 0.6) is 11.5 Å². The molecule has 0 aliphatic carbocycles. The molecule has 0 aromatic heterocycles. The highest BCUT2D eigenvalue weighted by Gasteiger charge is 2.21. The summed E-state index contributed by atoms with van der Waals surface area (Å²) in [4.78, 5) is 34.0. The number of carbonyl (C=O) groups excluding carboxylic acids is 2. The maximum atomic E-state index is 12.0. The van der Waals surface area contributed by atoms with Gasteiger partial charge < -0.3 is 9.47 Å². The molecule has 0 bridgehead atoms. The fraction of sp³-hybridized carbons (Fsp3) is 0.176. The van der Waals surface area contributed by atoms with Crippen molar-refractivity contribution >= 4 is 29.1 Å². The maximum Gasteiger partial charge on any atom is 0.310 e. The molecule has 2 amide bonds. The number of carbonyl (C=O) groups is 2. The monoisotopic (exact) mass is 393 g/mol. The second-order valence-electron chi connectivity index (χ2n) is 5.24. The Morgan fingerprint density at radius 1 is 1.11 bits per heavy atom. The fourth-order valence-corrected chi connectivity index (χ4v) is 2.12. The molecular formula is C17H16ClN3O6. The van der Waals surface area contributed by atoms with Gasteiger partial charge in [-0.3, -0.25) is 30.6 Å². The van der Waals surface area contributed by atoms with Crippen molar-refractivity contribution in [2.24, 2.45) is 0 Å². The first-order valence-electron chi connectivity index (χ1n) is 7.74. The van der Waals surface area contributed by atoms with Crippen LogP contribution < -0.4 is 20.3 Å². The van der Waals surface area contributed by atoms with E-state index in [0.717, 1.165) is 0 Å².